The van der Waals surface area contributed by atoms with Crippen molar-refractivity contribution < 1.29 is 14.3 Å². The third-order valence-corrected chi connectivity index (χ3v) is 6.64. The van der Waals surface area contributed by atoms with Crippen molar-refractivity contribution in [3.05, 3.63) is 99.4 Å². The number of carbonyl (C=O) groups excluding carboxylic acids is 2. The molecule has 0 saturated carbocycles. The largest absolute Gasteiger partial charge is 0.448 e. The van der Waals surface area contributed by atoms with Crippen LogP contribution in [0.2, 0.25) is 5.02 Å². The van der Waals surface area contributed by atoms with Gasteiger partial charge in [0.15, 0.2) is 6.10 Å². The van der Waals surface area contributed by atoms with Crippen LogP contribution in [0.5, 0.6) is 0 Å². The van der Waals surface area contributed by atoms with Crippen molar-refractivity contribution >= 4 is 39.9 Å². The number of aromatic nitrogens is 1. The minimum absolute atomic E-state index is 0.0681. The number of esters is 1. The highest BCUT2D eigenvalue weighted by Gasteiger charge is 2.28. The Balaban J connectivity index is 1.70. The Hall–Kier alpha value is -3.90. The first kappa shape index (κ1) is 26.2. The minimum atomic E-state index is -1.04. The first-order valence-corrected chi connectivity index (χ1v) is 12.6. The predicted molar refractivity (Wildman–Crippen MR) is 148 cm³/mol. The molecular formula is C30H29ClN2O4. The molecule has 6 nitrogen and oxygen atoms in total. The molecule has 1 atom stereocenters. The Bertz CT molecular complexity index is 1510. The van der Waals surface area contributed by atoms with Crippen molar-refractivity contribution in [2.45, 2.75) is 39.2 Å². The zero-order chi connectivity index (χ0) is 26.7. The number of amides is 1. The van der Waals surface area contributed by atoms with Gasteiger partial charge in [-0.2, -0.15) is 0 Å². The van der Waals surface area contributed by atoms with Gasteiger partial charge in [0, 0.05) is 28.7 Å². The quantitative estimate of drug-likeness (QED) is 0.282. The van der Waals surface area contributed by atoms with Crippen molar-refractivity contribution in [2.75, 3.05) is 5.32 Å². The molecule has 3 aromatic carbocycles. The molecule has 0 spiro atoms. The van der Waals surface area contributed by atoms with Crippen LogP contribution in [-0.4, -0.2) is 22.5 Å². The van der Waals surface area contributed by atoms with E-state index in [0.29, 0.717) is 38.5 Å². The number of hydrogen-bond acceptors (Lipinski definition) is 4. The molecule has 0 aliphatic rings. The molecule has 0 saturated heterocycles. The normalized spacial score (nSPS) is 11.9. The average Bonchev–Trinajstić information content (AvgIpc) is 2.90. The van der Waals surface area contributed by atoms with Crippen LogP contribution in [0.1, 0.15) is 49.2 Å². The predicted octanol–water partition coefficient (Wildman–Crippen LogP) is 6.56. The van der Waals surface area contributed by atoms with E-state index in [0.717, 1.165) is 5.56 Å². The first-order chi connectivity index (χ1) is 17.7. The Kier molecular flexibility index (Phi) is 7.79. The number of anilines is 1. The summed E-state index contributed by atoms with van der Waals surface area (Å²) in [5.74, 6) is -0.822. The van der Waals surface area contributed by atoms with Gasteiger partial charge in [0.25, 0.3) is 11.5 Å². The van der Waals surface area contributed by atoms with Crippen molar-refractivity contribution in [1.29, 1.82) is 0 Å². The van der Waals surface area contributed by atoms with E-state index in [1.807, 2.05) is 30.3 Å². The van der Waals surface area contributed by atoms with Gasteiger partial charge in [-0.15, -0.1) is 0 Å². The van der Waals surface area contributed by atoms with Gasteiger partial charge in [-0.3, -0.25) is 9.59 Å². The molecule has 0 fully saturated rings. The van der Waals surface area contributed by atoms with E-state index in [4.69, 9.17) is 16.3 Å². The molecule has 190 valence electrons. The van der Waals surface area contributed by atoms with Crippen molar-refractivity contribution in [3.8, 4) is 11.1 Å². The molecule has 1 N–H and O–H groups in total. The molecule has 4 aromatic rings. The molecular weight excluding hydrogens is 488 g/mol. The molecule has 37 heavy (non-hydrogen) atoms. The van der Waals surface area contributed by atoms with Gasteiger partial charge in [0.05, 0.1) is 0 Å². The van der Waals surface area contributed by atoms with E-state index in [9.17, 15) is 14.4 Å². The summed E-state index contributed by atoms with van der Waals surface area (Å²) >= 11 is 6.10. The number of benzene rings is 3. The number of hydrogen-bond donors (Lipinski definition) is 1. The number of nitrogens with zero attached hydrogens (tertiary/aromatic N) is 1. The van der Waals surface area contributed by atoms with E-state index in [2.05, 4.69) is 19.2 Å². The second-order valence-corrected chi connectivity index (χ2v) is 9.64. The number of nitrogens with one attached hydrogen (secondary N) is 1. The van der Waals surface area contributed by atoms with Gasteiger partial charge in [-0.05, 0) is 59.2 Å². The fourth-order valence-corrected chi connectivity index (χ4v) is 4.42. The number of pyridine rings is 1. The SMILES string of the molecule is CCC(OC(=O)c1c(-c2ccc(Cl)cc2)c2ccccc2c(=O)n1C)C(=O)Nc1ccc(C(C)C)cc1. The van der Waals surface area contributed by atoms with Crippen LogP contribution >= 0.6 is 11.6 Å². The second-order valence-electron chi connectivity index (χ2n) is 9.21. The molecule has 0 aliphatic heterocycles. The maximum absolute atomic E-state index is 13.6. The zero-order valence-corrected chi connectivity index (χ0v) is 22.0. The molecule has 0 bridgehead atoms. The average molecular weight is 517 g/mol. The van der Waals surface area contributed by atoms with Crippen LogP contribution in [-0.2, 0) is 16.6 Å². The van der Waals surface area contributed by atoms with Crippen LogP contribution in [0.4, 0.5) is 5.69 Å². The van der Waals surface area contributed by atoms with Gasteiger partial charge in [0.2, 0.25) is 0 Å². The lowest BCUT2D eigenvalue weighted by molar-refractivity contribution is -0.124. The number of rotatable bonds is 7. The Labute approximate surface area is 220 Å². The third kappa shape index (κ3) is 5.44. The zero-order valence-electron chi connectivity index (χ0n) is 21.2. The molecule has 7 heteroatoms. The van der Waals surface area contributed by atoms with E-state index >= 15 is 0 Å². The Morgan fingerprint density at radius 1 is 0.946 bits per heavy atom. The van der Waals surface area contributed by atoms with Gasteiger partial charge in [-0.1, -0.05) is 74.8 Å². The molecule has 0 aliphatic carbocycles. The lowest BCUT2D eigenvalue weighted by atomic mass is 9.96. The lowest BCUT2D eigenvalue weighted by Crippen LogP contribution is -2.34. The van der Waals surface area contributed by atoms with E-state index < -0.39 is 18.0 Å². The maximum Gasteiger partial charge on any atom is 0.356 e. The fourth-order valence-electron chi connectivity index (χ4n) is 4.29. The highest BCUT2D eigenvalue weighted by Crippen LogP contribution is 2.32. The summed E-state index contributed by atoms with van der Waals surface area (Å²) in [6.07, 6.45) is -0.781. The molecule has 1 heterocycles. The Morgan fingerprint density at radius 2 is 1.57 bits per heavy atom. The molecule has 4 rings (SSSR count). The van der Waals surface area contributed by atoms with E-state index in [1.165, 1.54) is 11.6 Å². The minimum Gasteiger partial charge on any atom is -0.448 e. The summed E-state index contributed by atoms with van der Waals surface area (Å²) in [5, 5.41) is 4.46. The summed E-state index contributed by atoms with van der Waals surface area (Å²) in [4.78, 5) is 39.7. The van der Waals surface area contributed by atoms with Crippen molar-refractivity contribution in [3.63, 3.8) is 0 Å². The first-order valence-electron chi connectivity index (χ1n) is 12.2. The molecule has 1 amide bonds. The fraction of sp³-hybridized carbons (Fsp3) is 0.233. The van der Waals surface area contributed by atoms with Crippen LogP contribution in [0.25, 0.3) is 21.9 Å². The summed E-state index contributed by atoms with van der Waals surface area (Å²) in [7, 11) is 1.53. The number of halogens is 1. The monoisotopic (exact) mass is 516 g/mol. The second kappa shape index (κ2) is 11.0. The van der Waals surface area contributed by atoms with Crippen LogP contribution in [0.15, 0.2) is 77.6 Å². The van der Waals surface area contributed by atoms with Crippen LogP contribution in [0, 0.1) is 0 Å². The maximum atomic E-state index is 13.6. The third-order valence-electron chi connectivity index (χ3n) is 6.39. The van der Waals surface area contributed by atoms with E-state index in [1.54, 1.807) is 49.4 Å². The van der Waals surface area contributed by atoms with Crippen molar-refractivity contribution in [1.82, 2.24) is 4.57 Å². The summed E-state index contributed by atoms with van der Waals surface area (Å²) in [6.45, 7) is 5.95. The van der Waals surface area contributed by atoms with Gasteiger partial charge >= 0.3 is 5.97 Å². The van der Waals surface area contributed by atoms with Crippen LogP contribution in [0.3, 0.4) is 0 Å². The molecule has 1 unspecified atom stereocenters. The van der Waals surface area contributed by atoms with Crippen molar-refractivity contribution in [2.24, 2.45) is 7.05 Å². The highest BCUT2D eigenvalue weighted by atomic mass is 35.5. The lowest BCUT2D eigenvalue weighted by Gasteiger charge is -2.20. The number of ether oxygens (including phenoxy) is 1. The van der Waals surface area contributed by atoms with E-state index in [-0.39, 0.29) is 17.7 Å². The smallest absolute Gasteiger partial charge is 0.356 e. The van der Waals surface area contributed by atoms with Gasteiger partial charge in [0.1, 0.15) is 5.69 Å². The molecule has 0 radical (unpaired) electrons. The number of carbonyl (C=O) groups is 2. The van der Waals surface area contributed by atoms with Gasteiger partial charge < -0.3 is 14.6 Å². The number of fused-ring (bicyclic) bond motifs is 1. The standard InChI is InChI=1S/C30H29ClN2O4/c1-5-25(28(34)32-22-16-12-19(13-17-22)18(2)3)37-30(36)27-26(20-10-14-21(31)15-11-20)23-8-6-7-9-24(23)29(35)33(27)4/h6-18,25H,5H2,1-4H3,(H,32,34). The summed E-state index contributed by atoms with van der Waals surface area (Å²) in [5.41, 5.74) is 2.75. The summed E-state index contributed by atoms with van der Waals surface area (Å²) in [6, 6.07) is 21.7. The van der Waals surface area contributed by atoms with Crippen LogP contribution < -0.4 is 10.9 Å². The topological polar surface area (TPSA) is 77.4 Å². The van der Waals surface area contributed by atoms with Gasteiger partial charge in [-0.25, -0.2) is 4.79 Å². The molecule has 1 aromatic heterocycles. The summed E-state index contributed by atoms with van der Waals surface area (Å²) < 4.78 is 7.00. The highest BCUT2D eigenvalue weighted by molar-refractivity contribution is 6.30. The Morgan fingerprint density at radius 3 is 2.16 bits per heavy atom.